The fourth-order valence-corrected chi connectivity index (χ4v) is 11.1. The Morgan fingerprint density at radius 1 is 0.646 bits per heavy atom. The van der Waals surface area contributed by atoms with Gasteiger partial charge in [-0.05, 0) is 142 Å². The number of likely N-dealkylation sites (tertiary alicyclic amines) is 2. The number of urea groups is 2. The van der Waals surface area contributed by atoms with Crippen LogP contribution in [0, 0.1) is 23.3 Å². The number of amides is 4. The molecule has 0 radical (unpaired) electrons. The maximum Gasteiger partial charge on any atom is 0.469 e. The van der Waals surface area contributed by atoms with Crippen LogP contribution in [0.2, 0.25) is 0 Å². The van der Waals surface area contributed by atoms with E-state index in [0.717, 1.165) is 11.3 Å². The minimum Gasteiger partial charge on any atom is -0.396 e. The highest BCUT2D eigenvalue weighted by Crippen LogP contribution is 2.44. The van der Waals surface area contributed by atoms with E-state index in [9.17, 15) is 41.3 Å². The highest BCUT2D eigenvalue weighted by atomic mass is 31.2. The summed E-state index contributed by atoms with van der Waals surface area (Å²) in [7, 11) is -0.718. The van der Waals surface area contributed by atoms with Crippen LogP contribution in [-0.4, -0.2) is 137 Å². The molecule has 0 aromatic heterocycles. The number of rotatable bonds is 15. The summed E-state index contributed by atoms with van der Waals surface area (Å²) in [6, 6.07) is 17.4. The fraction of sp³-hybridized carbons (Fsp3) is 0.483. The monoisotopic (exact) mass is 1120 g/mol. The zero-order chi connectivity index (χ0) is 58.1. The first-order valence-corrected chi connectivity index (χ1v) is 28.4. The van der Waals surface area contributed by atoms with Gasteiger partial charge in [-0.15, -0.1) is 13.2 Å². The summed E-state index contributed by atoms with van der Waals surface area (Å²) in [5.74, 6) is -1.76. The van der Waals surface area contributed by atoms with Crippen LogP contribution in [0.3, 0.4) is 0 Å². The molecule has 8 rings (SSSR count). The van der Waals surface area contributed by atoms with Gasteiger partial charge in [0.15, 0.2) is 11.6 Å². The van der Waals surface area contributed by atoms with Gasteiger partial charge in [0, 0.05) is 95.3 Å². The number of fused-ring (bicyclic) bond motifs is 2. The third-order valence-corrected chi connectivity index (χ3v) is 16.0. The predicted octanol–water partition coefficient (Wildman–Crippen LogP) is 9.58. The summed E-state index contributed by atoms with van der Waals surface area (Å²) in [5, 5.41) is 14.7. The van der Waals surface area contributed by atoms with Gasteiger partial charge in [0.2, 0.25) is 0 Å². The Bertz CT molecular complexity index is 2760. The van der Waals surface area contributed by atoms with Crippen molar-refractivity contribution in [1.82, 2.24) is 25.3 Å². The number of aliphatic hydroxyl groups is 1. The zero-order valence-corrected chi connectivity index (χ0v) is 47.1. The van der Waals surface area contributed by atoms with Crippen molar-refractivity contribution in [3.8, 4) is 0 Å². The second kappa shape index (κ2) is 29.4. The van der Waals surface area contributed by atoms with Crippen LogP contribution >= 0.6 is 7.82 Å². The highest BCUT2D eigenvalue weighted by Gasteiger charge is 2.47. The lowest BCUT2D eigenvalue weighted by Gasteiger charge is -2.50. The van der Waals surface area contributed by atoms with Gasteiger partial charge in [-0.2, -0.15) is 0 Å². The number of piperidine rings is 2. The van der Waals surface area contributed by atoms with Crippen LogP contribution in [0.25, 0.3) is 0 Å². The van der Waals surface area contributed by atoms with Gasteiger partial charge in [0.1, 0.15) is 23.3 Å². The number of hydrogen-bond donors (Lipinski definition) is 5. The van der Waals surface area contributed by atoms with Crippen LogP contribution in [-0.2, 0) is 35.0 Å². The number of benzene rings is 4. The van der Waals surface area contributed by atoms with E-state index < -0.39 is 30.8 Å². The number of aryl methyl sites for hydroxylation is 2. The average molecular weight is 1120 g/mol. The van der Waals surface area contributed by atoms with E-state index >= 15 is 0 Å². The summed E-state index contributed by atoms with van der Waals surface area (Å²) in [4.78, 5) is 78.4. The average Bonchev–Trinajstić information content (AvgIpc) is 3.64. The van der Waals surface area contributed by atoms with Gasteiger partial charge in [-0.3, -0.25) is 14.1 Å². The summed E-state index contributed by atoms with van der Waals surface area (Å²) in [6.07, 6.45) is 4.43. The number of halogens is 4. The lowest BCUT2D eigenvalue weighted by molar-refractivity contribution is 0.0879. The molecular weight excluding hydrogens is 1050 g/mol. The first-order valence-electron chi connectivity index (χ1n) is 26.9. The van der Waals surface area contributed by atoms with Gasteiger partial charge in [-0.25, -0.2) is 31.7 Å². The molecule has 16 nitrogen and oxygen atoms in total. The van der Waals surface area contributed by atoms with Crippen molar-refractivity contribution in [3.05, 3.63) is 143 Å². The molecule has 2 fully saturated rings. The van der Waals surface area contributed by atoms with Gasteiger partial charge in [0.25, 0.3) is 0 Å². The number of carbonyl (C=O) groups is 4. The molecule has 21 heteroatoms. The van der Waals surface area contributed by atoms with Crippen molar-refractivity contribution in [2.75, 3.05) is 82.9 Å². The number of phosphoric ester groups is 1. The smallest absolute Gasteiger partial charge is 0.396 e. The third kappa shape index (κ3) is 16.9. The molecule has 4 aromatic carbocycles. The molecule has 4 aromatic rings. The first kappa shape index (κ1) is 63.7. The second-order valence-corrected chi connectivity index (χ2v) is 21.3. The first-order chi connectivity index (χ1) is 37.6. The topological polar surface area (TPSA) is 196 Å². The maximum absolute atomic E-state index is 14.1. The molecule has 79 heavy (non-hydrogen) atoms. The normalized spacial score (nSPS) is 16.2. The number of phosphoric acid groups is 1. The number of Topliss-reactive ketones (excluding diaryl/α,β-unsaturated/α-hetero) is 2. The number of nitrogens with zero attached hydrogens (tertiary/aromatic N) is 5. The molecule has 0 saturated carbocycles. The van der Waals surface area contributed by atoms with Gasteiger partial charge < -0.3 is 50.0 Å². The fourth-order valence-electron chi connectivity index (χ4n) is 10.7. The second-order valence-electron chi connectivity index (χ2n) is 20.1. The Hall–Kier alpha value is -6.15. The van der Waals surface area contributed by atoms with Crippen LogP contribution in [0.15, 0.2) is 86.0 Å². The van der Waals surface area contributed by atoms with Crippen LogP contribution in [0.1, 0.15) is 115 Å². The Balaban J connectivity index is 0.000000253. The quantitative estimate of drug-likeness (QED) is 0.0328. The van der Waals surface area contributed by atoms with Crippen LogP contribution in [0.4, 0.5) is 38.5 Å². The number of carbonyl (C=O) groups excluding carboxylic acids is 4. The van der Waals surface area contributed by atoms with E-state index in [-0.39, 0.29) is 80.6 Å². The molecule has 0 atom stereocenters. The largest absolute Gasteiger partial charge is 0.469 e. The molecule has 4 aliphatic heterocycles. The van der Waals surface area contributed by atoms with E-state index in [0.29, 0.717) is 105 Å². The molecule has 2 saturated heterocycles. The molecule has 5 N–H and O–H groups in total. The van der Waals surface area contributed by atoms with Crippen molar-refractivity contribution in [2.45, 2.75) is 109 Å². The van der Waals surface area contributed by atoms with Crippen LogP contribution < -0.4 is 20.4 Å². The van der Waals surface area contributed by atoms with E-state index in [2.05, 4.69) is 58.9 Å². The Morgan fingerprint density at radius 2 is 1.04 bits per heavy atom. The number of hydrogen-bond acceptors (Lipinski definition) is 10. The standard InChI is InChI=1S/C25H30F2N3O6P.C25H29F2N3O3.C6H15N.C2H4/c1-29-22-7-5-19(26)14-20(22)23(31)15-25(29)8-10-30(11-9-25)24(32)28-16-17-4-6-21(27)18(13-17)3-2-12-36-37(33,34)35;1-29-22-7-5-19(26)14-20(22)23(32)15-25(29)8-10-30(11-9-25)24(33)28-16-17-4-6-21(27)18(13-17)3-2-12-31;1-4-7(5-2)6-3;1-2/h4-7,13-14H,2-3,8-12,15-16H2,1H3,(H,28,32)(H2,33,34,35);4-7,13-14,31H,2-3,8-12,15-16H2,1H3,(H,28,33);4-6H2,1-3H3;1-2H2. The number of ketones is 2. The number of nitrogens with one attached hydrogen (secondary N) is 2. The molecule has 0 aliphatic carbocycles. The molecule has 4 heterocycles. The lowest BCUT2D eigenvalue weighted by atomic mass is 9.77. The van der Waals surface area contributed by atoms with Gasteiger partial charge in [0.05, 0.1) is 17.7 Å². The summed E-state index contributed by atoms with van der Waals surface area (Å²) in [6.45, 7) is 18.3. The predicted molar refractivity (Wildman–Crippen MR) is 298 cm³/mol. The van der Waals surface area contributed by atoms with Crippen molar-refractivity contribution < 1.29 is 60.7 Å². The van der Waals surface area contributed by atoms with Crippen molar-refractivity contribution >= 4 is 42.8 Å². The van der Waals surface area contributed by atoms with E-state index in [4.69, 9.17) is 14.9 Å². The zero-order valence-electron chi connectivity index (χ0n) is 46.2. The van der Waals surface area contributed by atoms with Crippen molar-refractivity contribution in [2.24, 2.45) is 0 Å². The molecule has 4 amide bonds. The minimum atomic E-state index is -4.56. The van der Waals surface area contributed by atoms with Gasteiger partial charge >= 0.3 is 19.9 Å². The van der Waals surface area contributed by atoms with E-state index in [1.807, 2.05) is 19.0 Å². The number of aliphatic hydroxyl groups excluding tert-OH is 1. The molecule has 2 spiro atoms. The van der Waals surface area contributed by atoms with Gasteiger partial charge in [-0.1, -0.05) is 45.0 Å². The lowest BCUT2D eigenvalue weighted by Crippen LogP contribution is -2.59. The van der Waals surface area contributed by atoms with Crippen LogP contribution in [0.5, 0.6) is 0 Å². The molecule has 0 bridgehead atoms. The van der Waals surface area contributed by atoms with Crippen molar-refractivity contribution in [1.29, 1.82) is 0 Å². The highest BCUT2D eigenvalue weighted by molar-refractivity contribution is 7.46. The minimum absolute atomic E-state index is 0.000112. The summed E-state index contributed by atoms with van der Waals surface area (Å²) in [5.41, 5.74) is 3.83. The molecule has 432 valence electrons. The van der Waals surface area contributed by atoms with E-state index in [1.54, 1.807) is 46.2 Å². The molecule has 0 unspecified atom stereocenters. The summed E-state index contributed by atoms with van der Waals surface area (Å²) >= 11 is 0. The molecular formula is C58H78F4N7O9P. The molecule has 4 aliphatic rings. The van der Waals surface area contributed by atoms with Crippen molar-refractivity contribution in [3.63, 3.8) is 0 Å². The Labute approximate surface area is 462 Å². The maximum atomic E-state index is 14.1. The summed E-state index contributed by atoms with van der Waals surface area (Å²) < 4.78 is 70.4. The SMILES string of the molecule is C=C.CCN(CC)CC.CN1c2ccc(F)cc2C(=O)CC12CCN(C(=O)NCc1ccc(F)c(CCCO)c1)CC2.CN1c2ccc(F)cc2C(=O)CC12CCN(C(=O)NCc1ccc(F)c(CCCOP(=O)(O)O)c1)CC2. The Kier molecular flexibility index (Phi) is 23.7. The Morgan fingerprint density at radius 3 is 1.39 bits per heavy atom. The van der Waals surface area contributed by atoms with E-state index in [1.165, 1.54) is 56.0 Å². The number of anilines is 2. The third-order valence-electron chi connectivity index (χ3n) is 15.5.